The number of non-ortho nitro benzene ring substituents is 1. The predicted octanol–water partition coefficient (Wildman–Crippen LogP) is 3.07. The lowest BCUT2D eigenvalue weighted by Gasteiger charge is -2.17. The largest absolute Gasteiger partial charge is 0.394 e. The van der Waals surface area contributed by atoms with Crippen LogP contribution >= 0.6 is 11.6 Å². The van der Waals surface area contributed by atoms with Gasteiger partial charge in [0.05, 0.1) is 17.6 Å². The first-order valence-corrected chi connectivity index (χ1v) is 6.81. The first-order chi connectivity index (χ1) is 10.1. The fourth-order valence-electron chi connectivity index (χ4n) is 2.02. The highest BCUT2D eigenvalue weighted by atomic mass is 35.5. The maximum absolute atomic E-state index is 10.8. The van der Waals surface area contributed by atoms with Gasteiger partial charge in [-0.3, -0.25) is 10.1 Å². The molecule has 21 heavy (non-hydrogen) atoms. The van der Waals surface area contributed by atoms with Crippen LogP contribution in [0.4, 0.5) is 5.69 Å². The lowest BCUT2D eigenvalue weighted by Crippen LogP contribution is -2.24. The fourth-order valence-corrected chi connectivity index (χ4v) is 2.20. The van der Waals surface area contributed by atoms with Gasteiger partial charge in [0.15, 0.2) is 0 Å². The van der Waals surface area contributed by atoms with Crippen LogP contribution < -0.4 is 5.32 Å². The maximum atomic E-state index is 10.8. The van der Waals surface area contributed by atoms with Crippen molar-refractivity contribution in [3.8, 4) is 0 Å². The number of benzene rings is 2. The van der Waals surface area contributed by atoms with E-state index in [1.165, 1.54) is 18.2 Å². The Hall–Kier alpha value is -1.95. The molecule has 0 aliphatic heterocycles. The zero-order valence-corrected chi connectivity index (χ0v) is 12.0. The van der Waals surface area contributed by atoms with E-state index in [2.05, 4.69) is 5.32 Å². The summed E-state index contributed by atoms with van der Waals surface area (Å²) in [4.78, 5) is 10.3. The molecule has 2 N–H and O–H groups in total. The summed E-state index contributed by atoms with van der Waals surface area (Å²) < 4.78 is 0. The van der Waals surface area contributed by atoms with Crippen LogP contribution in [0.25, 0.3) is 0 Å². The fraction of sp³-hybridized carbons (Fsp3) is 0.200. The highest BCUT2D eigenvalue weighted by Crippen LogP contribution is 2.23. The van der Waals surface area contributed by atoms with E-state index >= 15 is 0 Å². The van der Waals surface area contributed by atoms with E-state index in [0.717, 1.165) is 5.56 Å². The van der Waals surface area contributed by atoms with Crippen molar-refractivity contribution in [2.24, 2.45) is 0 Å². The van der Waals surface area contributed by atoms with E-state index in [4.69, 9.17) is 11.6 Å². The van der Waals surface area contributed by atoms with Crippen molar-refractivity contribution in [3.05, 3.63) is 74.8 Å². The van der Waals surface area contributed by atoms with Crippen LogP contribution in [0.1, 0.15) is 17.2 Å². The summed E-state index contributed by atoms with van der Waals surface area (Å²) in [7, 11) is 0. The molecule has 110 valence electrons. The lowest BCUT2D eigenvalue weighted by molar-refractivity contribution is -0.384. The highest BCUT2D eigenvalue weighted by molar-refractivity contribution is 6.31. The lowest BCUT2D eigenvalue weighted by atomic mass is 10.1. The van der Waals surface area contributed by atoms with Crippen LogP contribution in [-0.4, -0.2) is 16.6 Å². The number of nitrogens with zero attached hydrogens (tertiary/aromatic N) is 1. The molecule has 0 unspecified atom stereocenters. The van der Waals surface area contributed by atoms with Crippen LogP contribution in [0.5, 0.6) is 0 Å². The molecule has 0 radical (unpaired) electrons. The summed E-state index contributed by atoms with van der Waals surface area (Å²) in [5.74, 6) is 0. The van der Waals surface area contributed by atoms with Crippen molar-refractivity contribution in [1.82, 2.24) is 5.32 Å². The Labute approximate surface area is 127 Å². The number of aliphatic hydroxyl groups excluding tert-OH is 1. The molecule has 2 rings (SSSR count). The van der Waals surface area contributed by atoms with Gasteiger partial charge in [-0.2, -0.15) is 0 Å². The summed E-state index contributed by atoms with van der Waals surface area (Å²) in [6.45, 7) is 0.261. The van der Waals surface area contributed by atoms with Crippen molar-refractivity contribution in [1.29, 1.82) is 0 Å². The molecular formula is C15H15ClN2O3. The third-order valence-electron chi connectivity index (χ3n) is 3.16. The minimum absolute atomic E-state index is 0.00328. The normalized spacial score (nSPS) is 12.1. The SMILES string of the molecule is O=[N+]([O-])c1ccc(Cl)c(CN[C@@H](CO)c2ccccc2)c1. The average Bonchev–Trinajstić information content (AvgIpc) is 2.50. The van der Waals surface area contributed by atoms with E-state index in [1.54, 1.807) is 0 Å². The van der Waals surface area contributed by atoms with Gasteiger partial charge in [-0.1, -0.05) is 41.9 Å². The summed E-state index contributed by atoms with van der Waals surface area (Å²) in [5, 5.41) is 23.9. The quantitative estimate of drug-likeness (QED) is 0.635. The Balaban J connectivity index is 2.11. The van der Waals surface area contributed by atoms with Crippen molar-refractivity contribution in [3.63, 3.8) is 0 Å². The number of aliphatic hydroxyl groups is 1. The molecule has 0 spiro atoms. The van der Waals surface area contributed by atoms with Gasteiger partial charge in [-0.05, 0) is 17.2 Å². The molecule has 0 aliphatic rings. The minimum atomic E-state index is -0.458. The highest BCUT2D eigenvalue weighted by Gasteiger charge is 2.13. The Morgan fingerprint density at radius 1 is 1.24 bits per heavy atom. The average molecular weight is 307 g/mol. The number of nitrogens with one attached hydrogen (secondary N) is 1. The van der Waals surface area contributed by atoms with Crippen LogP contribution in [0.2, 0.25) is 5.02 Å². The number of nitro benzene ring substituents is 1. The Kier molecular flexibility index (Phi) is 5.27. The number of hydrogen-bond acceptors (Lipinski definition) is 4. The van der Waals surface area contributed by atoms with Crippen molar-refractivity contribution >= 4 is 17.3 Å². The summed E-state index contributed by atoms with van der Waals surface area (Å²) >= 11 is 6.05. The Bertz CT molecular complexity index is 620. The summed E-state index contributed by atoms with van der Waals surface area (Å²) in [6.07, 6.45) is 0. The predicted molar refractivity (Wildman–Crippen MR) is 81.2 cm³/mol. The number of hydrogen-bond donors (Lipinski definition) is 2. The molecule has 6 heteroatoms. The van der Waals surface area contributed by atoms with Crippen molar-refractivity contribution in [2.75, 3.05) is 6.61 Å². The molecule has 5 nitrogen and oxygen atoms in total. The third kappa shape index (κ3) is 4.01. The first kappa shape index (κ1) is 15.4. The minimum Gasteiger partial charge on any atom is -0.394 e. The van der Waals surface area contributed by atoms with Crippen molar-refractivity contribution < 1.29 is 10.0 Å². The Morgan fingerprint density at radius 2 is 1.95 bits per heavy atom. The Morgan fingerprint density at radius 3 is 2.57 bits per heavy atom. The van der Waals surface area contributed by atoms with Gasteiger partial charge in [0.2, 0.25) is 0 Å². The van der Waals surface area contributed by atoms with E-state index in [-0.39, 0.29) is 18.3 Å². The molecule has 0 amide bonds. The van der Waals surface area contributed by atoms with Gasteiger partial charge >= 0.3 is 0 Å². The maximum Gasteiger partial charge on any atom is 0.269 e. The van der Waals surface area contributed by atoms with Crippen LogP contribution in [0, 0.1) is 10.1 Å². The molecular weight excluding hydrogens is 292 g/mol. The van der Waals surface area contributed by atoms with Crippen molar-refractivity contribution in [2.45, 2.75) is 12.6 Å². The van der Waals surface area contributed by atoms with Gasteiger partial charge in [0.25, 0.3) is 5.69 Å². The molecule has 0 saturated carbocycles. The van der Waals surface area contributed by atoms with Gasteiger partial charge in [0, 0.05) is 23.7 Å². The number of halogens is 1. The summed E-state index contributed by atoms with van der Waals surface area (Å²) in [6, 6.07) is 13.6. The smallest absolute Gasteiger partial charge is 0.269 e. The molecule has 0 heterocycles. The van der Waals surface area contributed by atoms with Crippen LogP contribution in [-0.2, 0) is 6.54 Å². The molecule has 0 bridgehead atoms. The first-order valence-electron chi connectivity index (χ1n) is 6.44. The number of rotatable bonds is 6. The van der Waals surface area contributed by atoms with Gasteiger partial charge in [0.1, 0.15) is 0 Å². The monoisotopic (exact) mass is 306 g/mol. The molecule has 0 fully saturated rings. The zero-order chi connectivity index (χ0) is 15.2. The second kappa shape index (κ2) is 7.17. The van der Waals surface area contributed by atoms with E-state index < -0.39 is 4.92 Å². The van der Waals surface area contributed by atoms with E-state index in [0.29, 0.717) is 17.1 Å². The van der Waals surface area contributed by atoms with Crippen LogP contribution in [0.3, 0.4) is 0 Å². The van der Waals surface area contributed by atoms with E-state index in [9.17, 15) is 15.2 Å². The summed E-state index contributed by atoms with van der Waals surface area (Å²) in [5.41, 5.74) is 1.57. The second-order valence-electron chi connectivity index (χ2n) is 4.56. The van der Waals surface area contributed by atoms with Gasteiger partial charge in [-0.15, -0.1) is 0 Å². The molecule has 0 saturated heterocycles. The van der Waals surface area contributed by atoms with Gasteiger partial charge < -0.3 is 10.4 Å². The van der Waals surface area contributed by atoms with Gasteiger partial charge in [-0.25, -0.2) is 0 Å². The second-order valence-corrected chi connectivity index (χ2v) is 4.97. The standard InChI is InChI=1S/C15H15ClN2O3/c16-14-7-6-13(18(20)21)8-12(14)9-17-15(10-19)11-4-2-1-3-5-11/h1-8,15,17,19H,9-10H2/t15-/m0/s1. The molecule has 2 aromatic carbocycles. The number of nitro groups is 1. The zero-order valence-electron chi connectivity index (χ0n) is 11.2. The topological polar surface area (TPSA) is 75.4 Å². The molecule has 1 atom stereocenters. The van der Waals surface area contributed by atoms with E-state index in [1.807, 2.05) is 30.3 Å². The molecule has 0 aromatic heterocycles. The molecule has 0 aliphatic carbocycles. The van der Waals surface area contributed by atoms with Crippen LogP contribution in [0.15, 0.2) is 48.5 Å². The molecule has 2 aromatic rings. The third-order valence-corrected chi connectivity index (χ3v) is 3.53.